The zero-order valence-corrected chi connectivity index (χ0v) is 14.3. The molecule has 1 amide bonds. The second-order valence-electron chi connectivity index (χ2n) is 6.21. The van der Waals surface area contributed by atoms with Crippen molar-refractivity contribution < 1.29 is 18.7 Å². The Balaban J connectivity index is 1.35. The molecule has 3 rings (SSSR count). The smallest absolute Gasteiger partial charge is 0.223 e. The monoisotopic (exact) mass is 343 g/mol. The van der Waals surface area contributed by atoms with E-state index in [1.165, 1.54) is 12.1 Å². The van der Waals surface area contributed by atoms with Crippen molar-refractivity contribution in [2.45, 2.75) is 25.6 Å². The lowest BCUT2D eigenvalue weighted by Crippen LogP contribution is -2.54. The van der Waals surface area contributed by atoms with Gasteiger partial charge in [-0.3, -0.25) is 4.79 Å². The Morgan fingerprint density at radius 1 is 1.08 bits per heavy atom. The molecule has 25 heavy (non-hydrogen) atoms. The van der Waals surface area contributed by atoms with Gasteiger partial charge in [0.15, 0.2) is 0 Å². The second kappa shape index (κ2) is 8.12. The lowest BCUT2D eigenvalue weighted by Gasteiger charge is -2.39. The van der Waals surface area contributed by atoms with Gasteiger partial charge in [-0.25, -0.2) is 4.39 Å². The van der Waals surface area contributed by atoms with E-state index in [9.17, 15) is 9.18 Å². The molecule has 0 atom stereocenters. The number of rotatable bonds is 7. The molecule has 1 saturated heterocycles. The minimum absolute atomic E-state index is 0.0648. The van der Waals surface area contributed by atoms with E-state index in [1.807, 2.05) is 29.2 Å². The van der Waals surface area contributed by atoms with Crippen LogP contribution in [-0.2, 0) is 22.6 Å². The summed E-state index contributed by atoms with van der Waals surface area (Å²) in [5, 5.41) is 0. The van der Waals surface area contributed by atoms with Gasteiger partial charge in [-0.2, -0.15) is 0 Å². The molecule has 1 fully saturated rings. The van der Waals surface area contributed by atoms with Crippen molar-refractivity contribution in [3.63, 3.8) is 0 Å². The highest BCUT2D eigenvalue weighted by molar-refractivity contribution is 5.77. The molecule has 0 radical (unpaired) electrons. The normalized spacial score (nSPS) is 14.2. The van der Waals surface area contributed by atoms with Crippen molar-refractivity contribution in [3.8, 4) is 5.75 Å². The molecule has 2 aromatic rings. The van der Waals surface area contributed by atoms with E-state index in [4.69, 9.17) is 9.47 Å². The fraction of sp³-hybridized carbons (Fsp3) is 0.350. The first-order valence-electron chi connectivity index (χ1n) is 8.41. The molecule has 0 saturated carbocycles. The zero-order chi connectivity index (χ0) is 17.6. The first-order valence-corrected chi connectivity index (χ1v) is 8.41. The quantitative estimate of drug-likeness (QED) is 0.775. The van der Waals surface area contributed by atoms with Crippen LogP contribution in [0.4, 0.5) is 4.39 Å². The number of hydrogen-bond donors (Lipinski definition) is 0. The lowest BCUT2D eigenvalue weighted by atomic mass is 10.1. The number of nitrogens with zero attached hydrogens (tertiary/aromatic N) is 1. The number of halogens is 1. The Bertz CT molecular complexity index is 694. The van der Waals surface area contributed by atoms with Crippen LogP contribution in [0.25, 0.3) is 0 Å². The molecular weight excluding hydrogens is 321 g/mol. The molecule has 0 unspecified atom stereocenters. The number of carbonyl (C=O) groups excluding carboxylic acids is 1. The number of benzene rings is 2. The molecular formula is C20H22FNO3. The highest BCUT2D eigenvalue weighted by Crippen LogP contribution is 2.17. The summed E-state index contributed by atoms with van der Waals surface area (Å²) >= 11 is 0. The van der Waals surface area contributed by atoms with E-state index < -0.39 is 0 Å². The fourth-order valence-corrected chi connectivity index (χ4v) is 2.74. The molecule has 4 nitrogen and oxygen atoms in total. The molecule has 0 aromatic heterocycles. The largest absolute Gasteiger partial charge is 0.497 e. The Morgan fingerprint density at radius 2 is 1.72 bits per heavy atom. The standard InChI is InChI=1S/C20H22FNO3/c1-24-18-9-4-15(5-10-18)6-11-20(23)22-12-19(13-22)25-14-16-2-7-17(21)8-3-16/h2-5,7-10,19H,6,11-14H2,1H3. The third-order valence-corrected chi connectivity index (χ3v) is 4.39. The molecule has 132 valence electrons. The van der Waals surface area contributed by atoms with Gasteiger partial charge in [-0.15, -0.1) is 0 Å². The minimum Gasteiger partial charge on any atom is -0.497 e. The summed E-state index contributed by atoms with van der Waals surface area (Å²) < 4.78 is 23.7. The summed E-state index contributed by atoms with van der Waals surface area (Å²) in [5.74, 6) is 0.720. The van der Waals surface area contributed by atoms with Gasteiger partial charge in [0, 0.05) is 19.5 Å². The molecule has 1 heterocycles. The van der Waals surface area contributed by atoms with Crippen LogP contribution >= 0.6 is 0 Å². The topological polar surface area (TPSA) is 38.8 Å². The van der Waals surface area contributed by atoms with Crippen LogP contribution in [0.15, 0.2) is 48.5 Å². The van der Waals surface area contributed by atoms with Crippen molar-refractivity contribution in [2.24, 2.45) is 0 Å². The molecule has 1 aliphatic rings. The second-order valence-corrected chi connectivity index (χ2v) is 6.21. The van der Waals surface area contributed by atoms with Gasteiger partial charge in [-0.05, 0) is 41.8 Å². The van der Waals surface area contributed by atoms with Gasteiger partial charge in [0.25, 0.3) is 0 Å². The fourth-order valence-electron chi connectivity index (χ4n) is 2.74. The molecule has 0 aliphatic carbocycles. The molecule has 0 spiro atoms. The van der Waals surface area contributed by atoms with Gasteiger partial charge in [0.2, 0.25) is 5.91 Å². The number of amides is 1. The summed E-state index contributed by atoms with van der Waals surface area (Å²) in [6, 6.07) is 14.1. The molecule has 5 heteroatoms. The molecule has 2 aromatic carbocycles. The van der Waals surface area contributed by atoms with Crippen LogP contribution in [0.5, 0.6) is 5.75 Å². The van der Waals surface area contributed by atoms with E-state index in [-0.39, 0.29) is 17.8 Å². The molecule has 1 aliphatic heterocycles. The van der Waals surface area contributed by atoms with Crippen LogP contribution in [-0.4, -0.2) is 37.1 Å². The maximum atomic E-state index is 12.8. The first-order chi connectivity index (χ1) is 12.1. The number of aryl methyl sites for hydroxylation is 1. The number of carbonyl (C=O) groups is 1. The number of ether oxygens (including phenoxy) is 2. The van der Waals surface area contributed by atoms with Crippen molar-refractivity contribution in [1.29, 1.82) is 0 Å². The summed E-state index contributed by atoms with van der Waals surface area (Å²) in [4.78, 5) is 14.0. The van der Waals surface area contributed by atoms with Crippen molar-refractivity contribution in [3.05, 3.63) is 65.5 Å². The van der Waals surface area contributed by atoms with E-state index >= 15 is 0 Å². The molecule has 0 N–H and O–H groups in total. The highest BCUT2D eigenvalue weighted by atomic mass is 19.1. The number of methoxy groups -OCH3 is 1. The summed E-state index contributed by atoms with van der Waals surface area (Å²) in [7, 11) is 1.64. The minimum atomic E-state index is -0.249. The van der Waals surface area contributed by atoms with E-state index in [2.05, 4.69) is 0 Å². The predicted molar refractivity (Wildman–Crippen MR) is 92.9 cm³/mol. The van der Waals surface area contributed by atoms with Gasteiger partial charge in [-0.1, -0.05) is 24.3 Å². The van der Waals surface area contributed by atoms with Gasteiger partial charge in [0.05, 0.1) is 19.8 Å². The van der Waals surface area contributed by atoms with Gasteiger partial charge < -0.3 is 14.4 Å². The van der Waals surface area contributed by atoms with Gasteiger partial charge in [0.1, 0.15) is 11.6 Å². The lowest BCUT2D eigenvalue weighted by molar-refractivity contribution is -0.145. The predicted octanol–water partition coefficient (Wildman–Crippen LogP) is 3.19. The van der Waals surface area contributed by atoms with Crippen LogP contribution in [0.2, 0.25) is 0 Å². The van der Waals surface area contributed by atoms with Crippen LogP contribution < -0.4 is 4.74 Å². The average molecular weight is 343 g/mol. The summed E-state index contributed by atoms with van der Waals surface area (Å²) in [6.45, 7) is 1.70. The van der Waals surface area contributed by atoms with Crippen LogP contribution in [0.1, 0.15) is 17.5 Å². The Labute approximate surface area is 147 Å². The third-order valence-electron chi connectivity index (χ3n) is 4.39. The Morgan fingerprint density at radius 3 is 2.36 bits per heavy atom. The zero-order valence-electron chi connectivity index (χ0n) is 14.3. The summed E-state index contributed by atoms with van der Waals surface area (Å²) in [5.41, 5.74) is 2.06. The van der Waals surface area contributed by atoms with Crippen LogP contribution in [0, 0.1) is 5.82 Å². The van der Waals surface area contributed by atoms with Crippen molar-refractivity contribution in [1.82, 2.24) is 4.90 Å². The Hall–Kier alpha value is -2.40. The number of likely N-dealkylation sites (tertiary alicyclic amines) is 1. The SMILES string of the molecule is COc1ccc(CCC(=O)N2CC(OCc3ccc(F)cc3)C2)cc1. The third kappa shape index (κ3) is 4.79. The average Bonchev–Trinajstić information content (AvgIpc) is 2.60. The highest BCUT2D eigenvalue weighted by Gasteiger charge is 2.30. The first kappa shape index (κ1) is 17.4. The Kier molecular flexibility index (Phi) is 5.66. The van der Waals surface area contributed by atoms with E-state index in [1.54, 1.807) is 19.2 Å². The van der Waals surface area contributed by atoms with Crippen LogP contribution in [0.3, 0.4) is 0 Å². The van der Waals surface area contributed by atoms with E-state index in [0.29, 0.717) is 26.1 Å². The van der Waals surface area contributed by atoms with Crippen molar-refractivity contribution in [2.75, 3.05) is 20.2 Å². The van der Waals surface area contributed by atoms with E-state index in [0.717, 1.165) is 23.3 Å². The maximum absolute atomic E-state index is 12.8. The molecule has 0 bridgehead atoms. The number of hydrogen-bond acceptors (Lipinski definition) is 3. The van der Waals surface area contributed by atoms with Crippen molar-refractivity contribution >= 4 is 5.91 Å². The van der Waals surface area contributed by atoms with Gasteiger partial charge >= 0.3 is 0 Å². The summed E-state index contributed by atoms with van der Waals surface area (Å²) in [6.07, 6.45) is 1.28. The maximum Gasteiger partial charge on any atom is 0.223 e.